The summed E-state index contributed by atoms with van der Waals surface area (Å²) < 4.78 is 30.2. The van der Waals surface area contributed by atoms with E-state index in [-0.39, 0.29) is 35.4 Å². The summed E-state index contributed by atoms with van der Waals surface area (Å²) in [7, 11) is 1.29. The molecule has 3 aliphatic rings. The zero-order valence-electron chi connectivity index (χ0n) is 19.8. The molecule has 3 fully saturated rings. The van der Waals surface area contributed by atoms with Gasteiger partial charge in [0.15, 0.2) is 17.6 Å². The Morgan fingerprint density at radius 3 is 2.69 bits per heavy atom. The molecule has 1 aliphatic carbocycles. The van der Waals surface area contributed by atoms with Gasteiger partial charge >= 0.3 is 5.69 Å². The first-order chi connectivity index (χ1) is 17.4. The predicted molar refractivity (Wildman–Crippen MR) is 129 cm³/mol. The van der Waals surface area contributed by atoms with E-state index in [9.17, 15) is 14.3 Å². The van der Waals surface area contributed by atoms with Crippen molar-refractivity contribution in [1.82, 2.24) is 30.0 Å². The van der Waals surface area contributed by atoms with Gasteiger partial charge in [0, 0.05) is 36.8 Å². The molecule has 0 radical (unpaired) electrons. The van der Waals surface area contributed by atoms with E-state index in [0.717, 1.165) is 49.2 Å². The van der Waals surface area contributed by atoms with E-state index in [1.54, 1.807) is 18.3 Å². The fraction of sp³-hybridized carbons (Fsp3) is 0.480. The van der Waals surface area contributed by atoms with Gasteiger partial charge < -0.3 is 15.3 Å². The molecule has 3 aromatic rings. The molecular formula is C25H27F2N7O2. The van der Waals surface area contributed by atoms with Gasteiger partial charge in [0.1, 0.15) is 11.9 Å². The summed E-state index contributed by atoms with van der Waals surface area (Å²) in [6, 6.07) is 5.88. The molecule has 188 valence electrons. The Bertz CT molecular complexity index is 1350. The van der Waals surface area contributed by atoms with Crippen molar-refractivity contribution in [3.63, 3.8) is 0 Å². The number of anilines is 1. The molecule has 4 heterocycles. The summed E-state index contributed by atoms with van der Waals surface area (Å²) >= 11 is 0. The summed E-state index contributed by atoms with van der Waals surface area (Å²) in [4.78, 5) is 22.2. The average Bonchev–Trinajstić information content (AvgIpc) is 3.71. The zero-order valence-corrected chi connectivity index (χ0v) is 19.8. The molecule has 2 aliphatic heterocycles. The molecule has 2 aromatic heterocycles. The SMILES string of the molecule is Cn1c(F)cc(-c2ccc(-c3ncc(N(C4CC4)[C@@H]4C[C@@H]5CCC[C@@H](N5)[C@@H]4F)nn3)c(O)c2)nc1=O. The van der Waals surface area contributed by atoms with Gasteiger partial charge in [-0.1, -0.05) is 12.5 Å². The highest BCUT2D eigenvalue weighted by atomic mass is 19.1. The van der Waals surface area contributed by atoms with Crippen molar-refractivity contribution in [2.75, 3.05) is 4.90 Å². The Balaban J connectivity index is 1.26. The molecule has 36 heavy (non-hydrogen) atoms. The molecule has 11 heteroatoms. The summed E-state index contributed by atoms with van der Waals surface area (Å²) in [5.41, 5.74) is 0.0897. The van der Waals surface area contributed by atoms with E-state index in [1.807, 2.05) is 0 Å². The third kappa shape index (κ3) is 4.11. The number of aromatic hydroxyl groups is 1. The topological polar surface area (TPSA) is 109 Å². The summed E-state index contributed by atoms with van der Waals surface area (Å²) in [6.45, 7) is 0. The Labute approximate surface area is 206 Å². The lowest BCUT2D eigenvalue weighted by atomic mass is 9.82. The molecule has 6 rings (SSSR count). The first-order valence-corrected chi connectivity index (χ1v) is 12.3. The first-order valence-electron chi connectivity index (χ1n) is 12.3. The molecular weight excluding hydrogens is 468 g/mol. The van der Waals surface area contributed by atoms with E-state index < -0.39 is 17.8 Å². The highest BCUT2D eigenvalue weighted by Crippen LogP contribution is 2.39. The standard InChI is InChI=1S/C25H27F2N7O2/c1-33-21(26)11-18(30-25(33)36)13-5-8-16(20(35)9-13)24-28-12-22(31-32-24)34(15-6-7-15)19-10-14-3-2-4-17(29-14)23(19)27/h5,8-9,11-12,14-15,17,19,23,29,35H,2-4,6-7,10H2,1H3/t14-,17+,19+,23-/m0/s1. The fourth-order valence-electron chi connectivity index (χ4n) is 5.48. The first kappa shape index (κ1) is 23.0. The molecule has 1 saturated carbocycles. The number of alkyl halides is 1. The van der Waals surface area contributed by atoms with Crippen LogP contribution in [0, 0.1) is 5.95 Å². The Kier molecular flexibility index (Phi) is 5.66. The van der Waals surface area contributed by atoms with Crippen LogP contribution in [0.1, 0.15) is 38.5 Å². The van der Waals surface area contributed by atoms with E-state index in [0.29, 0.717) is 23.0 Å². The molecule has 9 nitrogen and oxygen atoms in total. The number of nitrogens with one attached hydrogen (secondary N) is 1. The zero-order chi connectivity index (χ0) is 25.0. The largest absolute Gasteiger partial charge is 0.507 e. The van der Waals surface area contributed by atoms with E-state index in [2.05, 4.69) is 30.4 Å². The molecule has 0 unspecified atom stereocenters. The number of phenolic OH excluding ortho intramolecular Hbond substituents is 1. The third-order valence-electron chi connectivity index (χ3n) is 7.52. The molecule has 4 atom stereocenters. The van der Waals surface area contributed by atoms with Gasteiger partial charge in [0.05, 0.1) is 23.5 Å². The van der Waals surface area contributed by atoms with Crippen molar-refractivity contribution in [1.29, 1.82) is 0 Å². The van der Waals surface area contributed by atoms with Crippen LogP contribution >= 0.6 is 0 Å². The van der Waals surface area contributed by atoms with Crippen molar-refractivity contribution < 1.29 is 13.9 Å². The summed E-state index contributed by atoms with van der Waals surface area (Å²) in [6.07, 6.45) is 6.31. The van der Waals surface area contributed by atoms with Crippen LogP contribution in [0.5, 0.6) is 5.75 Å². The lowest BCUT2D eigenvalue weighted by Crippen LogP contribution is -2.62. The van der Waals surface area contributed by atoms with Crippen molar-refractivity contribution in [3.05, 3.63) is 46.9 Å². The minimum absolute atomic E-state index is 0.111. The van der Waals surface area contributed by atoms with Crippen LogP contribution in [0.3, 0.4) is 0 Å². The number of aromatic nitrogens is 5. The van der Waals surface area contributed by atoms with Crippen molar-refractivity contribution in [2.45, 2.75) is 68.9 Å². The molecule has 2 saturated heterocycles. The average molecular weight is 496 g/mol. The lowest BCUT2D eigenvalue weighted by Gasteiger charge is -2.47. The molecule has 0 spiro atoms. The number of rotatable bonds is 5. The number of benzene rings is 1. The monoisotopic (exact) mass is 495 g/mol. The Morgan fingerprint density at radius 1 is 1.17 bits per heavy atom. The fourth-order valence-corrected chi connectivity index (χ4v) is 5.48. The van der Waals surface area contributed by atoms with Crippen LogP contribution < -0.4 is 15.9 Å². The normalized spacial score (nSPS) is 25.5. The maximum Gasteiger partial charge on any atom is 0.350 e. The van der Waals surface area contributed by atoms with E-state index >= 15 is 4.39 Å². The van der Waals surface area contributed by atoms with Crippen molar-refractivity contribution >= 4 is 5.82 Å². The Morgan fingerprint density at radius 2 is 2.00 bits per heavy atom. The molecule has 2 N–H and O–H groups in total. The molecule has 1 aromatic carbocycles. The minimum atomic E-state index is -0.978. The quantitative estimate of drug-likeness (QED) is 0.520. The number of nitrogens with zero attached hydrogens (tertiary/aromatic N) is 6. The second-order valence-corrected chi connectivity index (χ2v) is 9.96. The van der Waals surface area contributed by atoms with Crippen LogP contribution in [0.15, 0.2) is 35.3 Å². The van der Waals surface area contributed by atoms with Gasteiger partial charge in [-0.3, -0.25) is 4.57 Å². The third-order valence-corrected chi connectivity index (χ3v) is 7.52. The predicted octanol–water partition coefficient (Wildman–Crippen LogP) is 2.73. The van der Waals surface area contributed by atoms with Crippen LogP contribution in [-0.2, 0) is 7.05 Å². The smallest absolute Gasteiger partial charge is 0.350 e. The number of halogens is 2. The van der Waals surface area contributed by atoms with Crippen LogP contribution in [0.2, 0.25) is 0 Å². The number of hydrogen-bond acceptors (Lipinski definition) is 8. The maximum absolute atomic E-state index is 15.4. The molecule has 0 amide bonds. The van der Waals surface area contributed by atoms with Crippen molar-refractivity contribution in [2.24, 2.45) is 7.05 Å². The second kappa shape index (κ2) is 8.88. The van der Waals surface area contributed by atoms with Crippen LogP contribution in [-0.4, -0.2) is 60.2 Å². The maximum atomic E-state index is 15.4. The summed E-state index contributed by atoms with van der Waals surface area (Å²) in [5.74, 6) is -0.130. The van der Waals surface area contributed by atoms with Crippen LogP contribution in [0.4, 0.5) is 14.6 Å². The van der Waals surface area contributed by atoms with Gasteiger partial charge in [0.25, 0.3) is 0 Å². The number of piperidine rings is 2. The minimum Gasteiger partial charge on any atom is -0.507 e. The van der Waals surface area contributed by atoms with E-state index in [1.165, 1.54) is 13.1 Å². The van der Waals surface area contributed by atoms with Crippen LogP contribution in [0.25, 0.3) is 22.6 Å². The highest BCUT2D eigenvalue weighted by Gasteiger charge is 2.46. The molecule has 2 bridgehead atoms. The highest BCUT2D eigenvalue weighted by molar-refractivity contribution is 5.71. The number of hydrogen-bond donors (Lipinski definition) is 2. The number of phenols is 1. The van der Waals surface area contributed by atoms with E-state index in [4.69, 9.17) is 0 Å². The second-order valence-electron chi connectivity index (χ2n) is 9.96. The summed E-state index contributed by atoms with van der Waals surface area (Å²) in [5, 5.41) is 22.7. The van der Waals surface area contributed by atoms with Crippen molar-refractivity contribution in [3.8, 4) is 28.4 Å². The van der Waals surface area contributed by atoms with Gasteiger partial charge in [-0.25, -0.2) is 14.2 Å². The van der Waals surface area contributed by atoms with Gasteiger partial charge in [-0.2, -0.15) is 9.37 Å². The lowest BCUT2D eigenvalue weighted by molar-refractivity contribution is 0.104. The number of fused-ring (bicyclic) bond motifs is 2. The Hall–Kier alpha value is -3.47. The van der Waals surface area contributed by atoms with Gasteiger partial charge in [0.2, 0.25) is 0 Å². The van der Waals surface area contributed by atoms with Gasteiger partial charge in [-0.05, 0) is 44.2 Å². The van der Waals surface area contributed by atoms with Gasteiger partial charge in [-0.15, -0.1) is 10.2 Å².